The fourth-order valence-corrected chi connectivity index (χ4v) is 9.45. The zero-order chi connectivity index (χ0) is 31.3. The topological polar surface area (TPSA) is 19.0 Å². The average molecular weight is 609 g/mol. The minimum absolute atomic E-state index is 0.0537. The summed E-state index contributed by atoms with van der Waals surface area (Å²) >= 11 is 0. The first-order valence-corrected chi connectivity index (χ1v) is 17.6. The third-order valence-electron chi connectivity index (χ3n) is 11.9. The predicted molar refractivity (Wildman–Crippen MR) is 197 cm³/mol. The van der Waals surface area contributed by atoms with Crippen molar-refractivity contribution in [1.29, 1.82) is 0 Å². The van der Waals surface area contributed by atoms with Gasteiger partial charge in [0.15, 0.2) is 0 Å². The van der Waals surface area contributed by atoms with Crippen molar-refractivity contribution >= 4 is 27.5 Å². The van der Waals surface area contributed by atoms with Gasteiger partial charge in [0.2, 0.25) is 0 Å². The Hall–Kier alpha value is -4.82. The Labute approximate surface area is 277 Å². The molecule has 3 unspecified atom stereocenters. The van der Waals surface area contributed by atoms with Crippen molar-refractivity contribution in [2.75, 3.05) is 4.90 Å². The standard InChI is InChI=1S/C45H40N2/c1-45(2)39-25-31(17-20-33(39)35-26-36-34-15-9-10-16-41(34)46-42(36)27-40(35)45)30-19-22-44-38(24-30)37-23-29(28-11-5-3-6-12-28)18-21-43(37)47(44)32-13-7-4-8-14-32/h3,5-6,9-13,15-23,25-27,30,38,44,46H,4,7-8,14,24H2,1-2H3. The van der Waals surface area contributed by atoms with Gasteiger partial charge >= 0.3 is 0 Å². The van der Waals surface area contributed by atoms with Gasteiger partial charge in [-0.05, 0) is 107 Å². The van der Waals surface area contributed by atoms with Gasteiger partial charge in [0.1, 0.15) is 0 Å². The van der Waals surface area contributed by atoms with Crippen LogP contribution < -0.4 is 4.90 Å². The van der Waals surface area contributed by atoms with Gasteiger partial charge in [0, 0.05) is 50.4 Å². The van der Waals surface area contributed by atoms with Gasteiger partial charge in [-0.15, -0.1) is 0 Å². The molecule has 3 atom stereocenters. The normalized spacial score (nSPS) is 22.2. The Morgan fingerprint density at radius 1 is 0.702 bits per heavy atom. The highest BCUT2D eigenvalue weighted by Gasteiger charge is 2.43. The highest BCUT2D eigenvalue weighted by molar-refractivity contribution is 6.09. The number of hydrogen-bond donors (Lipinski definition) is 1. The number of allylic oxidation sites excluding steroid dienone is 3. The van der Waals surface area contributed by atoms with Crippen molar-refractivity contribution in [2.24, 2.45) is 0 Å². The molecule has 1 aliphatic heterocycles. The van der Waals surface area contributed by atoms with Gasteiger partial charge in [-0.25, -0.2) is 0 Å². The van der Waals surface area contributed by atoms with Gasteiger partial charge in [-0.1, -0.05) is 105 Å². The second-order valence-electron chi connectivity index (χ2n) is 14.8. The molecule has 5 aromatic carbocycles. The van der Waals surface area contributed by atoms with E-state index in [0.717, 1.165) is 6.42 Å². The zero-order valence-electron chi connectivity index (χ0n) is 27.3. The molecule has 10 rings (SSSR count). The minimum atomic E-state index is -0.0537. The zero-order valence-corrected chi connectivity index (χ0v) is 27.3. The molecule has 4 aliphatic rings. The first-order chi connectivity index (χ1) is 23.0. The second kappa shape index (κ2) is 10.1. The van der Waals surface area contributed by atoms with Crippen LogP contribution in [-0.4, -0.2) is 11.0 Å². The lowest BCUT2D eigenvalue weighted by molar-refractivity contribution is 0.518. The summed E-state index contributed by atoms with van der Waals surface area (Å²) in [5.41, 5.74) is 16.6. The molecule has 2 heterocycles. The van der Waals surface area contributed by atoms with Gasteiger partial charge < -0.3 is 9.88 Å². The van der Waals surface area contributed by atoms with Crippen LogP contribution in [0.3, 0.4) is 0 Å². The van der Waals surface area contributed by atoms with Crippen LogP contribution in [0.1, 0.15) is 80.0 Å². The van der Waals surface area contributed by atoms with Gasteiger partial charge in [-0.3, -0.25) is 0 Å². The number of benzene rings is 5. The Morgan fingerprint density at radius 2 is 1.55 bits per heavy atom. The molecule has 1 N–H and O–H groups in total. The number of aromatic nitrogens is 1. The van der Waals surface area contributed by atoms with E-state index >= 15 is 0 Å². The number of H-pyrrole nitrogens is 1. The molecule has 0 spiro atoms. The van der Waals surface area contributed by atoms with E-state index < -0.39 is 0 Å². The van der Waals surface area contributed by atoms with Crippen molar-refractivity contribution in [1.82, 2.24) is 4.98 Å². The van der Waals surface area contributed by atoms with Crippen molar-refractivity contribution in [3.8, 4) is 22.3 Å². The van der Waals surface area contributed by atoms with Crippen molar-refractivity contribution in [3.63, 3.8) is 0 Å². The van der Waals surface area contributed by atoms with E-state index in [1.807, 2.05) is 0 Å². The van der Waals surface area contributed by atoms with Crippen LogP contribution in [0.2, 0.25) is 0 Å². The number of anilines is 1. The Bertz CT molecular complexity index is 2280. The molecule has 0 radical (unpaired) electrons. The highest BCUT2D eigenvalue weighted by Crippen LogP contribution is 2.54. The molecule has 2 nitrogen and oxygen atoms in total. The largest absolute Gasteiger partial charge is 0.355 e. The maximum absolute atomic E-state index is 3.69. The summed E-state index contributed by atoms with van der Waals surface area (Å²) in [6.07, 6.45) is 13.7. The van der Waals surface area contributed by atoms with Crippen LogP contribution in [0.15, 0.2) is 127 Å². The Balaban J connectivity index is 1.04. The first kappa shape index (κ1) is 27.3. The van der Waals surface area contributed by atoms with E-state index in [0.29, 0.717) is 17.9 Å². The SMILES string of the molecule is CC1(C)c2cc(C3C=CC4C(C3)c3cc(-c5ccccc5)ccc3N4C3=CCCCC3)ccc2-c2cc3c(cc21)[nH]c1ccccc13. The highest BCUT2D eigenvalue weighted by atomic mass is 15.2. The van der Waals surface area contributed by atoms with Crippen LogP contribution >= 0.6 is 0 Å². The summed E-state index contributed by atoms with van der Waals surface area (Å²) < 4.78 is 0. The number of nitrogens with one attached hydrogen (secondary N) is 1. The number of rotatable bonds is 3. The summed E-state index contributed by atoms with van der Waals surface area (Å²) in [7, 11) is 0. The van der Waals surface area contributed by atoms with E-state index in [1.165, 1.54) is 103 Å². The van der Waals surface area contributed by atoms with E-state index in [9.17, 15) is 0 Å². The molecule has 0 bridgehead atoms. The molecule has 0 fully saturated rings. The maximum Gasteiger partial charge on any atom is 0.0588 e. The van der Waals surface area contributed by atoms with Crippen LogP contribution in [0, 0.1) is 0 Å². The molecule has 0 amide bonds. The van der Waals surface area contributed by atoms with Crippen LogP contribution in [0.25, 0.3) is 44.1 Å². The minimum Gasteiger partial charge on any atom is -0.355 e. The number of para-hydroxylation sites is 1. The molecule has 47 heavy (non-hydrogen) atoms. The van der Waals surface area contributed by atoms with E-state index in [1.54, 1.807) is 0 Å². The Kier molecular flexibility index (Phi) is 5.86. The monoisotopic (exact) mass is 608 g/mol. The summed E-state index contributed by atoms with van der Waals surface area (Å²) in [6, 6.07) is 39.5. The van der Waals surface area contributed by atoms with Crippen molar-refractivity contribution in [2.45, 2.75) is 69.2 Å². The van der Waals surface area contributed by atoms with Crippen LogP contribution in [0.5, 0.6) is 0 Å². The third-order valence-corrected chi connectivity index (χ3v) is 11.9. The molecule has 3 aliphatic carbocycles. The lowest BCUT2D eigenvalue weighted by Crippen LogP contribution is -2.34. The average Bonchev–Trinajstić information content (AvgIpc) is 3.72. The number of hydrogen-bond acceptors (Lipinski definition) is 1. The molecule has 0 saturated carbocycles. The van der Waals surface area contributed by atoms with E-state index in [-0.39, 0.29) is 5.41 Å². The van der Waals surface area contributed by atoms with Crippen LogP contribution in [-0.2, 0) is 5.41 Å². The molecule has 2 heteroatoms. The number of aromatic amines is 1. The molecule has 0 saturated heterocycles. The molecular formula is C45H40N2. The first-order valence-electron chi connectivity index (χ1n) is 17.6. The number of fused-ring (bicyclic) bond motifs is 9. The van der Waals surface area contributed by atoms with E-state index in [2.05, 4.69) is 145 Å². The molecular weight excluding hydrogens is 569 g/mol. The van der Waals surface area contributed by atoms with Gasteiger partial charge in [0.05, 0.1) is 6.04 Å². The van der Waals surface area contributed by atoms with Gasteiger partial charge in [0.25, 0.3) is 0 Å². The lowest BCUT2D eigenvalue weighted by Gasteiger charge is -2.35. The smallest absolute Gasteiger partial charge is 0.0588 e. The maximum atomic E-state index is 3.69. The van der Waals surface area contributed by atoms with Crippen molar-refractivity contribution in [3.05, 3.63) is 149 Å². The second-order valence-corrected chi connectivity index (χ2v) is 14.8. The van der Waals surface area contributed by atoms with Crippen LogP contribution in [0.4, 0.5) is 5.69 Å². The van der Waals surface area contributed by atoms with Crippen molar-refractivity contribution < 1.29 is 0 Å². The molecule has 230 valence electrons. The summed E-state index contributed by atoms with van der Waals surface area (Å²) in [6.45, 7) is 4.83. The number of nitrogens with zero attached hydrogens (tertiary/aromatic N) is 1. The van der Waals surface area contributed by atoms with E-state index in [4.69, 9.17) is 0 Å². The van der Waals surface area contributed by atoms with Gasteiger partial charge in [-0.2, -0.15) is 0 Å². The quantitative estimate of drug-likeness (QED) is 0.198. The molecule has 6 aromatic rings. The summed E-state index contributed by atoms with van der Waals surface area (Å²) in [5.74, 6) is 0.868. The third kappa shape index (κ3) is 4.03. The summed E-state index contributed by atoms with van der Waals surface area (Å²) in [5, 5.41) is 2.63. The molecule has 1 aromatic heterocycles. The lowest BCUT2D eigenvalue weighted by atomic mass is 9.76. The fraction of sp³-hybridized carbons (Fsp3) is 0.244. The predicted octanol–water partition coefficient (Wildman–Crippen LogP) is 11.8. The fourth-order valence-electron chi connectivity index (χ4n) is 9.45. The Morgan fingerprint density at radius 3 is 2.43 bits per heavy atom. The summed E-state index contributed by atoms with van der Waals surface area (Å²) in [4.78, 5) is 6.39.